The van der Waals surface area contributed by atoms with Gasteiger partial charge in [-0.15, -0.1) is 10.2 Å². The first-order chi connectivity index (χ1) is 12.3. The van der Waals surface area contributed by atoms with Crippen LogP contribution in [-0.2, 0) is 6.54 Å². The van der Waals surface area contributed by atoms with Gasteiger partial charge in [0, 0.05) is 11.6 Å². The summed E-state index contributed by atoms with van der Waals surface area (Å²) in [7, 11) is 1.62. The first-order valence-corrected chi connectivity index (χ1v) is 7.88. The van der Waals surface area contributed by atoms with Crippen LogP contribution in [0.4, 0.5) is 5.69 Å². The molecule has 25 heavy (non-hydrogen) atoms. The van der Waals surface area contributed by atoms with Crippen LogP contribution in [0.3, 0.4) is 0 Å². The lowest BCUT2D eigenvalue weighted by atomic mass is 10.2. The number of aromatic nitrogens is 3. The standard InChI is InChI=1S/C19H16N4O2/c1-24-16-10-3-2-8-14(16)19-23-22-17(25-19)12-21-15-9-4-6-13-7-5-11-20-18(13)15/h2-11,21H,12H2,1H3. The lowest BCUT2D eigenvalue weighted by Gasteiger charge is -2.06. The van der Waals surface area contributed by atoms with Crippen LogP contribution < -0.4 is 10.1 Å². The summed E-state index contributed by atoms with van der Waals surface area (Å²) < 4.78 is 11.1. The molecule has 0 radical (unpaired) electrons. The van der Waals surface area contributed by atoms with Gasteiger partial charge in [0.2, 0.25) is 5.89 Å². The fraction of sp³-hybridized carbons (Fsp3) is 0.105. The largest absolute Gasteiger partial charge is 0.496 e. The van der Waals surface area contributed by atoms with Gasteiger partial charge in [-0.3, -0.25) is 4.98 Å². The van der Waals surface area contributed by atoms with E-state index in [0.717, 1.165) is 22.2 Å². The molecule has 0 bridgehead atoms. The molecule has 6 heteroatoms. The normalized spacial score (nSPS) is 10.8. The summed E-state index contributed by atoms with van der Waals surface area (Å²) >= 11 is 0. The van der Waals surface area contributed by atoms with E-state index in [4.69, 9.17) is 9.15 Å². The average Bonchev–Trinajstić information content (AvgIpc) is 3.15. The fourth-order valence-electron chi connectivity index (χ4n) is 2.67. The van der Waals surface area contributed by atoms with Crippen molar-refractivity contribution >= 4 is 16.6 Å². The lowest BCUT2D eigenvalue weighted by molar-refractivity contribution is 0.413. The Kier molecular flexibility index (Phi) is 4.00. The molecule has 6 nitrogen and oxygen atoms in total. The summed E-state index contributed by atoms with van der Waals surface area (Å²) in [6, 6.07) is 17.5. The van der Waals surface area contributed by atoms with Crippen LogP contribution in [0.25, 0.3) is 22.4 Å². The predicted molar refractivity (Wildman–Crippen MR) is 95.4 cm³/mol. The van der Waals surface area contributed by atoms with Crippen LogP contribution in [0.15, 0.2) is 65.2 Å². The highest BCUT2D eigenvalue weighted by Crippen LogP contribution is 2.28. The lowest BCUT2D eigenvalue weighted by Crippen LogP contribution is -2.00. The van der Waals surface area contributed by atoms with E-state index >= 15 is 0 Å². The molecular formula is C19H16N4O2. The second-order valence-electron chi connectivity index (χ2n) is 5.44. The Morgan fingerprint density at radius 3 is 2.80 bits per heavy atom. The molecule has 1 N–H and O–H groups in total. The highest BCUT2D eigenvalue weighted by atomic mass is 16.5. The number of pyridine rings is 1. The second kappa shape index (κ2) is 6.60. The minimum atomic E-state index is 0.415. The van der Waals surface area contributed by atoms with E-state index in [1.165, 1.54) is 0 Å². The third kappa shape index (κ3) is 3.01. The van der Waals surface area contributed by atoms with Gasteiger partial charge in [0.25, 0.3) is 5.89 Å². The fourth-order valence-corrected chi connectivity index (χ4v) is 2.67. The highest BCUT2D eigenvalue weighted by molar-refractivity contribution is 5.90. The highest BCUT2D eigenvalue weighted by Gasteiger charge is 2.13. The number of ether oxygens (including phenoxy) is 1. The molecule has 4 aromatic rings. The summed E-state index contributed by atoms with van der Waals surface area (Å²) in [5, 5.41) is 12.6. The van der Waals surface area contributed by atoms with Crippen LogP contribution in [0.2, 0.25) is 0 Å². The molecule has 0 atom stereocenters. The topological polar surface area (TPSA) is 73.1 Å². The maximum Gasteiger partial charge on any atom is 0.251 e. The van der Waals surface area contributed by atoms with Gasteiger partial charge >= 0.3 is 0 Å². The average molecular weight is 332 g/mol. The zero-order chi connectivity index (χ0) is 17.1. The molecule has 4 rings (SSSR count). The second-order valence-corrected chi connectivity index (χ2v) is 5.44. The molecule has 0 amide bonds. The van der Waals surface area contributed by atoms with E-state index in [-0.39, 0.29) is 0 Å². The maximum absolute atomic E-state index is 5.76. The zero-order valence-electron chi connectivity index (χ0n) is 13.6. The van der Waals surface area contributed by atoms with Gasteiger partial charge in [0.1, 0.15) is 5.75 Å². The Hall–Kier alpha value is -3.41. The van der Waals surface area contributed by atoms with E-state index in [1.54, 1.807) is 13.3 Å². The van der Waals surface area contributed by atoms with E-state index < -0.39 is 0 Å². The van der Waals surface area contributed by atoms with Gasteiger partial charge in [-0.25, -0.2) is 0 Å². The molecule has 0 saturated heterocycles. The molecular weight excluding hydrogens is 316 g/mol. The Labute approximate surface area is 144 Å². The number of nitrogens with one attached hydrogen (secondary N) is 1. The Morgan fingerprint density at radius 2 is 1.88 bits per heavy atom. The van der Waals surface area contributed by atoms with Gasteiger partial charge in [0.15, 0.2) is 0 Å². The smallest absolute Gasteiger partial charge is 0.251 e. The number of hydrogen-bond donors (Lipinski definition) is 1. The van der Waals surface area contributed by atoms with Crippen LogP contribution in [0.5, 0.6) is 5.75 Å². The van der Waals surface area contributed by atoms with Gasteiger partial charge < -0.3 is 14.5 Å². The van der Waals surface area contributed by atoms with Crippen molar-refractivity contribution in [1.29, 1.82) is 0 Å². The molecule has 0 aliphatic rings. The molecule has 0 saturated carbocycles. The Morgan fingerprint density at radius 1 is 1.00 bits per heavy atom. The quantitative estimate of drug-likeness (QED) is 0.597. The number of para-hydroxylation sites is 2. The SMILES string of the molecule is COc1ccccc1-c1nnc(CNc2cccc3cccnc23)o1. The van der Waals surface area contributed by atoms with Crippen molar-refractivity contribution in [2.24, 2.45) is 0 Å². The molecule has 2 aromatic carbocycles. The number of rotatable bonds is 5. The Balaban J connectivity index is 1.55. The van der Waals surface area contributed by atoms with E-state index in [2.05, 4.69) is 20.5 Å². The summed E-state index contributed by atoms with van der Waals surface area (Å²) in [5.74, 6) is 1.63. The summed E-state index contributed by atoms with van der Waals surface area (Å²) in [4.78, 5) is 4.42. The van der Waals surface area contributed by atoms with Gasteiger partial charge in [0.05, 0.1) is 30.4 Å². The zero-order valence-corrected chi connectivity index (χ0v) is 13.6. The summed E-state index contributed by atoms with van der Waals surface area (Å²) in [6.45, 7) is 0.415. The van der Waals surface area contributed by atoms with Crippen LogP contribution in [0, 0.1) is 0 Å². The number of anilines is 1. The summed E-state index contributed by atoms with van der Waals surface area (Å²) in [5.41, 5.74) is 2.61. The number of hydrogen-bond acceptors (Lipinski definition) is 6. The molecule has 2 heterocycles. The number of fused-ring (bicyclic) bond motifs is 1. The minimum absolute atomic E-state index is 0.415. The van der Waals surface area contributed by atoms with Gasteiger partial charge in [-0.1, -0.05) is 30.3 Å². The van der Waals surface area contributed by atoms with Crippen LogP contribution >= 0.6 is 0 Å². The van der Waals surface area contributed by atoms with Crippen molar-refractivity contribution < 1.29 is 9.15 Å². The first-order valence-electron chi connectivity index (χ1n) is 7.88. The van der Waals surface area contributed by atoms with Crippen LogP contribution in [0.1, 0.15) is 5.89 Å². The minimum Gasteiger partial charge on any atom is -0.496 e. The van der Waals surface area contributed by atoms with Crippen molar-refractivity contribution in [1.82, 2.24) is 15.2 Å². The Bertz CT molecular complexity index is 1010. The van der Waals surface area contributed by atoms with Crippen molar-refractivity contribution in [2.75, 3.05) is 12.4 Å². The van der Waals surface area contributed by atoms with Gasteiger partial charge in [-0.05, 0) is 24.3 Å². The summed E-state index contributed by atoms with van der Waals surface area (Å²) in [6.07, 6.45) is 1.78. The van der Waals surface area contributed by atoms with E-state index in [1.807, 2.05) is 54.6 Å². The molecule has 0 aliphatic carbocycles. The first kappa shape index (κ1) is 15.1. The third-order valence-electron chi connectivity index (χ3n) is 3.87. The molecule has 124 valence electrons. The number of methoxy groups -OCH3 is 1. The van der Waals surface area contributed by atoms with Crippen molar-refractivity contribution in [3.63, 3.8) is 0 Å². The maximum atomic E-state index is 5.76. The molecule has 0 spiro atoms. The molecule has 0 unspecified atom stereocenters. The number of nitrogens with zero attached hydrogens (tertiary/aromatic N) is 3. The molecule has 2 aromatic heterocycles. The van der Waals surface area contributed by atoms with Crippen molar-refractivity contribution in [3.8, 4) is 17.2 Å². The van der Waals surface area contributed by atoms with E-state index in [0.29, 0.717) is 24.1 Å². The number of benzene rings is 2. The molecule has 0 fully saturated rings. The third-order valence-corrected chi connectivity index (χ3v) is 3.87. The van der Waals surface area contributed by atoms with Crippen molar-refractivity contribution in [3.05, 3.63) is 66.7 Å². The van der Waals surface area contributed by atoms with Crippen LogP contribution in [-0.4, -0.2) is 22.3 Å². The van der Waals surface area contributed by atoms with Gasteiger partial charge in [-0.2, -0.15) is 0 Å². The molecule has 0 aliphatic heterocycles. The predicted octanol–water partition coefficient (Wildman–Crippen LogP) is 3.91. The van der Waals surface area contributed by atoms with E-state index in [9.17, 15) is 0 Å². The van der Waals surface area contributed by atoms with Crippen molar-refractivity contribution in [2.45, 2.75) is 6.54 Å². The monoisotopic (exact) mass is 332 g/mol.